The van der Waals surface area contributed by atoms with Gasteiger partial charge in [0.05, 0.1) is 11.8 Å². The molecule has 0 heterocycles. The average molecular weight is 317 g/mol. The van der Waals surface area contributed by atoms with Crippen molar-refractivity contribution in [2.75, 3.05) is 6.54 Å². The van der Waals surface area contributed by atoms with Crippen LogP contribution in [-0.4, -0.2) is 29.9 Å². The van der Waals surface area contributed by atoms with Crippen LogP contribution in [0.5, 0.6) is 5.75 Å². The van der Waals surface area contributed by atoms with Gasteiger partial charge in [0.1, 0.15) is 5.75 Å². The van der Waals surface area contributed by atoms with E-state index in [9.17, 15) is 22.8 Å². The number of aliphatic carboxylic acids is 1. The highest BCUT2D eigenvalue weighted by atomic mass is 19.4. The van der Waals surface area contributed by atoms with Crippen LogP contribution < -0.4 is 10.1 Å². The standard InChI is InChI=1S/C14H14F3NO4/c15-14(16,17)22-9-3-1-8(2-4-9)5-6-18-12(19)10-7-11(10)13(20)21/h1-4,10-11H,5-7H2,(H,18,19)(H,20,21). The van der Waals surface area contributed by atoms with Gasteiger partial charge in [0, 0.05) is 6.54 Å². The minimum Gasteiger partial charge on any atom is -0.481 e. The zero-order valence-corrected chi connectivity index (χ0v) is 11.4. The Labute approximate surface area is 124 Å². The Bertz CT molecular complexity index is 556. The number of carbonyl (C=O) groups is 2. The van der Waals surface area contributed by atoms with Crippen LogP contribution in [0.4, 0.5) is 13.2 Å². The Hall–Kier alpha value is -2.25. The summed E-state index contributed by atoms with van der Waals surface area (Å²) in [7, 11) is 0. The molecule has 2 atom stereocenters. The Morgan fingerprint density at radius 3 is 2.36 bits per heavy atom. The fourth-order valence-electron chi connectivity index (χ4n) is 2.08. The third-order valence-corrected chi connectivity index (χ3v) is 3.31. The lowest BCUT2D eigenvalue weighted by Gasteiger charge is -2.09. The van der Waals surface area contributed by atoms with Crippen molar-refractivity contribution in [1.29, 1.82) is 0 Å². The second-order valence-electron chi connectivity index (χ2n) is 5.02. The Kier molecular flexibility index (Phi) is 4.58. The number of hydrogen-bond acceptors (Lipinski definition) is 3. The average Bonchev–Trinajstić information content (AvgIpc) is 3.19. The van der Waals surface area contributed by atoms with Gasteiger partial charge in [-0.3, -0.25) is 9.59 Å². The van der Waals surface area contributed by atoms with Gasteiger partial charge in [-0.15, -0.1) is 13.2 Å². The highest BCUT2D eigenvalue weighted by molar-refractivity contribution is 5.89. The highest BCUT2D eigenvalue weighted by Gasteiger charge is 2.48. The van der Waals surface area contributed by atoms with Gasteiger partial charge in [-0.2, -0.15) is 0 Å². The van der Waals surface area contributed by atoms with E-state index in [-0.39, 0.29) is 11.7 Å². The van der Waals surface area contributed by atoms with Gasteiger partial charge < -0.3 is 15.2 Å². The molecular formula is C14H14F3NO4. The van der Waals surface area contributed by atoms with Crippen molar-refractivity contribution >= 4 is 11.9 Å². The molecule has 1 aliphatic carbocycles. The molecule has 1 aromatic carbocycles. The molecule has 120 valence electrons. The van der Waals surface area contributed by atoms with Crippen molar-refractivity contribution in [3.63, 3.8) is 0 Å². The van der Waals surface area contributed by atoms with Crippen LogP contribution in [0.1, 0.15) is 12.0 Å². The maximum absolute atomic E-state index is 12.0. The molecule has 0 aliphatic heterocycles. The van der Waals surface area contributed by atoms with E-state index >= 15 is 0 Å². The summed E-state index contributed by atoms with van der Waals surface area (Å²) in [6.07, 6.45) is -3.94. The topological polar surface area (TPSA) is 75.6 Å². The first-order valence-corrected chi connectivity index (χ1v) is 6.61. The van der Waals surface area contributed by atoms with Crippen LogP contribution in [-0.2, 0) is 16.0 Å². The van der Waals surface area contributed by atoms with E-state index in [0.717, 1.165) is 5.56 Å². The minimum absolute atomic E-state index is 0.293. The van der Waals surface area contributed by atoms with Gasteiger partial charge in [0.25, 0.3) is 0 Å². The predicted octanol–water partition coefficient (Wildman–Crippen LogP) is 1.96. The van der Waals surface area contributed by atoms with Gasteiger partial charge in [0.15, 0.2) is 0 Å². The molecule has 0 spiro atoms. The van der Waals surface area contributed by atoms with Gasteiger partial charge >= 0.3 is 12.3 Å². The second kappa shape index (κ2) is 6.25. The van der Waals surface area contributed by atoms with E-state index in [2.05, 4.69) is 10.1 Å². The molecule has 0 radical (unpaired) electrons. The third-order valence-electron chi connectivity index (χ3n) is 3.31. The van der Waals surface area contributed by atoms with Gasteiger partial charge in [-0.25, -0.2) is 0 Å². The first-order chi connectivity index (χ1) is 10.3. The number of amides is 1. The summed E-state index contributed by atoms with van der Waals surface area (Å²) in [4.78, 5) is 22.2. The molecule has 1 fully saturated rings. The number of carbonyl (C=O) groups excluding carboxylic acids is 1. The number of halogens is 3. The zero-order valence-electron chi connectivity index (χ0n) is 11.4. The lowest BCUT2D eigenvalue weighted by molar-refractivity contribution is -0.274. The Morgan fingerprint density at radius 1 is 1.23 bits per heavy atom. The molecule has 0 saturated heterocycles. The number of carboxylic acid groups (broad SMARTS) is 1. The normalized spacial score (nSPS) is 20.3. The smallest absolute Gasteiger partial charge is 0.481 e. The van der Waals surface area contributed by atoms with Crippen LogP contribution in [0, 0.1) is 11.8 Å². The minimum atomic E-state index is -4.72. The van der Waals surface area contributed by atoms with Crippen LogP contribution in [0.25, 0.3) is 0 Å². The van der Waals surface area contributed by atoms with Crippen molar-refractivity contribution in [1.82, 2.24) is 5.32 Å². The monoisotopic (exact) mass is 317 g/mol. The number of hydrogen-bond donors (Lipinski definition) is 2. The fourth-order valence-corrected chi connectivity index (χ4v) is 2.08. The Morgan fingerprint density at radius 2 is 1.86 bits per heavy atom. The molecule has 1 aromatic rings. The summed E-state index contributed by atoms with van der Waals surface area (Å²) in [5.41, 5.74) is 0.736. The molecule has 0 aromatic heterocycles. The number of alkyl halides is 3. The number of rotatable bonds is 6. The lowest BCUT2D eigenvalue weighted by atomic mass is 10.1. The quantitative estimate of drug-likeness (QED) is 0.841. The number of nitrogens with one attached hydrogen (secondary N) is 1. The van der Waals surface area contributed by atoms with Crippen LogP contribution in [0.3, 0.4) is 0 Å². The van der Waals surface area contributed by atoms with Crippen molar-refractivity contribution in [2.24, 2.45) is 11.8 Å². The van der Waals surface area contributed by atoms with Gasteiger partial charge in [-0.05, 0) is 30.5 Å². The molecule has 2 N–H and O–H groups in total. The van der Waals surface area contributed by atoms with Gasteiger partial charge in [-0.1, -0.05) is 12.1 Å². The van der Waals surface area contributed by atoms with Crippen molar-refractivity contribution < 1.29 is 32.6 Å². The molecule has 1 amide bonds. The van der Waals surface area contributed by atoms with E-state index in [4.69, 9.17) is 5.11 Å². The number of benzene rings is 1. The number of carboxylic acids is 1. The summed E-state index contributed by atoms with van der Waals surface area (Å²) in [5, 5.41) is 11.3. The molecule has 0 bridgehead atoms. The van der Waals surface area contributed by atoms with Crippen molar-refractivity contribution in [2.45, 2.75) is 19.2 Å². The summed E-state index contributed by atoms with van der Waals surface area (Å²) < 4.78 is 39.7. The zero-order chi connectivity index (χ0) is 16.3. The van der Waals surface area contributed by atoms with Crippen molar-refractivity contribution in [3.8, 4) is 5.75 Å². The van der Waals surface area contributed by atoms with E-state index < -0.39 is 24.2 Å². The highest BCUT2D eigenvalue weighted by Crippen LogP contribution is 2.38. The molecule has 1 saturated carbocycles. The summed E-state index contributed by atoms with van der Waals surface area (Å²) in [6.45, 7) is 0.293. The van der Waals surface area contributed by atoms with E-state index in [1.165, 1.54) is 24.3 Å². The summed E-state index contributed by atoms with van der Waals surface area (Å²) in [6, 6.07) is 5.35. The SMILES string of the molecule is O=C(O)C1CC1C(=O)NCCc1ccc(OC(F)(F)F)cc1. The summed E-state index contributed by atoms with van der Waals surface area (Å²) >= 11 is 0. The molecule has 2 rings (SSSR count). The molecule has 1 aliphatic rings. The third kappa shape index (κ3) is 4.64. The van der Waals surface area contributed by atoms with Crippen LogP contribution >= 0.6 is 0 Å². The largest absolute Gasteiger partial charge is 0.573 e. The van der Waals surface area contributed by atoms with E-state index in [1.54, 1.807) is 0 Å². The molecular weight excluding hydrogens is 303 g/mol. The van der Waals surface area contributed by atoms with Crippen LogP contribution in [0.15, 0.2) is 24.3 Å². The second-order valence-corrected chi connectivity index (χ2v) is 5.02. The van der Waals surface area contributed by atoms with Crippen LogP contribution in [0.2, 0.25) is 0 Å². The maximum Gasteiger partial charge on any atom is 0.573 e. The van der Waals surface area contributed by atoms with Gasteiger partial charge in [0.2, 0.25) is 5.91 Å². The first kappa shape index (κ1) is 16.1. The van der Waals surface area contributed by atoms with E-state index in [1.807, 2.05) is 0 Å². The molecule has 5 nitrogen and oxygen atoms in total. The first-order valence-electron chi connectivity index (χ1n) is 6.61. The maximum atomic E-state index is 12.0. The summed E-state index contributed by atoms with van der Waals surface area (Å²) in [5.74, 6) is -2.65. The molecule has 2 unspecified atom stereocenters. The predicted molar refractivity (Wildman–Crippen MR) is 69.1 cm³/mol. The van der Waals surface area contributed by atoms with E-state index in [0.29, 0.717) is 19.4 Å². The van der Waals surface area contributed by atoms with Crippen molar-refractivity contribution in [3.05, 3.63) is 29.8 Å². The number of ether oxygens (including phenoxy) is 1. The fraction of sp³-hybridized carbons (Fsp3) is 0.429. The lowest BCUT2D eigenvalue weighted by Crippen LogP contribution is -2.28. The Balaban J connectivity index is 1.73. The molecule has 8 heteroatoms. The molecule has 22 heavy (non-hydrogen) atoms.